The lowest BCUT2D eigenvalue weighted by atomic mass is 10.3. The zero-order chi connectivity index (χ0) is 7.56. The highest BCUT2D eigenvalue weighted by molar-refractivity contribution is 6.21. The van der Waals surface area contributed by atoms with Crippen LogP contribution in [0.25, 0.3) is 0 Å². The Morgan fingerprint density at radius 3 is 2.50 bits per heavy atom. The van der Waals surface area contributed by atoms with Crippen LogP contribution in [0.5, 0.6) is 0 Å². The van der Waals surface area contributed by atoms with Crippen molar-refractivity contribution in [2.45, 2.75) is 11.7 Å². The van der Waals surface area contributed by atoms with E-state index in [1.54, 1.807) is 0 Å². The van der Waals surface area contributed by atoms with Crippen molar-refractivity contribution in [3.63, 3.8) is 0 Å². The molecule has 1 N–H and O–H groups in total. The molecule has 0 aliphatic carbocycles. The molecule has 1 heterocycles. The van der Waals surface area contributed by atoms with Crippen LogP contribution in [0.2, 0.25) is 0 Å². The van der Waals surface area contributed by atoms with Crippen LogP contribution < -0.4 is 0 Å². The van der Waals surface area contributed by atoms with E-state index in [9.17, 15) is 4.79 Å². The smallest absolute Gasteiger partial charge is 0.336 e. The van der Waals surface area contributed by atoms with E-state index in [4.69, 9.17) is 26.2 Å². The summed E-state index contributed by atoms with van der Waals surface area (Å²) in [7, 11) is 0. The van der Waals surface area contributed by atoms with Crippen molar-refractivity contribution in [2.24, 2.45) is 0 Å². The fourth-order valence-electron chi connectivity index (χ4n) is 0.682. The molecule has 1 aliphatic heterocycles. The van der Waals surface area contributed by atoms with Crippen molar-refractivity contribution in [2.75, 3.05) is 13.2 Å². The van der Waals surface area contributed by atoms with Gasteiger partial charge in [-0.25, -0.2) is 4.79 Å². The van der Waals surface area contributed by atoms with Crippen molar-refractivity contribution >= 4 is 17.6 Å². The molecule has 2 atom stereocenters. The summed E-state index contributed by atoms with van der Waals surface area (Å²) >= 11 is 5.45. The molecule has 10 heavy (non-hydrogen) atoms. The number of aliphatic carboxylic acids is 1. The Kier molecular flexibility index (Phi) is 2.48. The number of alkyl halides is 1. The number of halogens is 1. The molecular formula is C5H7ClO4. The maximum Gasteiger partial charge on any atom is 0.336 e. The second-order valence-corrected chi connectivity index (χ2v) is 2.28. The van der Waals surface area contributed by atoms with E-state index >= 15 is 0 Å². The number of hydrogen-bond acceptors (Lipinski definition) is 3. The Labute approximate surface area is 62.7 Å². The van der Waals surface area contributed by atoms with Crippen molar-refractivity contribution in [1.82, 2.24) is 0 Å². The van der Waals surface area contributed by atoms with Gasteiger partial charge in [-0.15, -0.1) is 0 Å². The SMILES string of the molecule is O=C(O)C1OCCOC1Cl. The van der Waals surface area contributed by atoms with Crippen molar-refractivity contribution < 1.29 is 19.4 Å². The fourth-order valence-corrected chi connectivity index (χ4v) is 0.952. The van der Waals surface area contributed by atoms with Crippen molar-refractivity contribution in [3.8, 4) is 0 Å². The second kappa shape index (κ2) is 3.18. The molecule has 1 rings (SSSR count). The van der Waals surface area contributed by atoms with Gasteiger partial charge in [-0.2, -0.15) is 0 Å². The number of rotatable bonds is 1. The van der Waals surface area contributed by atoms with Gasteiger partial charge in [-0.3, -0.25) is 0 Å². The standard InChI is InChI=1S/C5H7ClO4/c6-4-3(5(7)8)9-1-2-10-4/h3-4H,1-2H2,(H,7,8). The van der Waals surface area contributed by atoms with Gasteiger partial charge in [0.05, 0.1) is 13.2 Å². The molecule has 0 bridgehead atoms. The highest BCUT2D eigenvalue weighted by Crippen LogP contribution is 2.13. The molecule has 5 heteroatoms. The highest BCUT2D eigenvalue weighted by atomic mass is 35.5. The summed E-state index contributed by atoms with van der Waals surface area (Å²) in [6.45, 7) is 0.651. The Morgan fingerprint density at radius 2 is 2.10 bits per heavy atom. The van der Waals surface area contributed by atoms with E-state index in [2.05, 4.69) is 0 Å². The zero-order valence-corrected chi connectivity index (χ0v) is 5.87. The van der Waals surface area contributed by atoms with Crippen LogP contribution in [-0.2, 0) is 14.3 Å². The second-order valence-electron chi connectivity index (χ2n) is 1.85. The van der Waals surface area contributed by atoms with Gasteiger partial charge in [0, 0.05) is 0 Å². The number of carboxylic acid groups (broad SMARTS) is 1. The average molecular weight is 167 g/mol. The third-order valence-corrected chi connectivity index (χ3v) is 1.49. The lowest BCUT2D eigenvalue weighted by Crippen LogP contribution is -2.40. The van der Waals surface area contributed by atoms with Gasteiger partial charge in [0.25, 0.3) is 0 Å². The van der Waals surface area contributed by atoms with Gasteiger partial charge in [-0.05, 0) is 0 Å². The van der Waals surface area contributed by atoms with Crippen molar-refractivity contribution in [3.05, 3.63) is 0 Å². The van der Waals surface area contributed by atoms with E-state index in [1.165, 1.54) is 0 Å². The zero-order valence-electron chi connectivity index (χ0n) is 5.12. The third-order valence-electron chi connectivity index (χ3n) is 1.14. The maximum atomic E-state index is 10.3. The molecule has 0 saturated carbocycles. The number of hydrogen-bond donors (Lipinski definition) is 1. The first-order valence-corrected chi connectivity index (χ1v) is 3.25. The Balaban J connectivity index is 2.47. The maximum absolute atomic E-state index is 10.3. The Hall–Kier alpha value is -0.320. The number of ether oxygens (including phenoxy) is 2. The molecule has 58 valence electrons. The summed E-state index contributed by atoms with van der Waals surface area (Å²) < 4.78 is 9.61. The third kappa shape index (κ3) is 1.59. The largest absolute Gasteiger partial charge is 0.479 e. The first-order chi connectivity index (χ1) is 4.72. The van der Waals surface area contributed by atoms with Crippen LogP contribution in [-0.4, -0.2) is 36.0 Å². The summed E-state index contributed by atoms with van der Waals surface area (Å²) in [5, 5.41) is 8.42. The number of carboxylic acids is 1. The van der Waals surface area contributed by atoms with Gasteiger partial charge in [-0.1, -0.05) is 11.6 Å². The summed E-state index contributed by atoms with van der Waals surface area (Å²) in [6.07, 6.45) is -1.02. The predicted molar refractivity (Wildman–Crippen MR) is 33.0 cm³/mol. The van der Waals surface area contributed by atoms with Gasteiger partial charge < -0.3 is 14.6 Å². The molecule has 0 aromatic heterocycles. The molecular weight excluding hydrogens is 160 g/mol. The lowest BCUT2D eigenvalue weighted by molar-refractivity contribution is -0.169. The molecule has 0 aromatic rings. The van der Waals surface area contributed by atoms with E-state index < -0.39 is 17.6 Å². The molecule has 0 amide bonds. The highest BCUT2D eigenvalue weighted by Gasteiger charge is 2.30. The average Bonchev–Trinajstić information content (AvgIpc) is 1.88. The molecule has 2 unspecified atom stereocenters. The van der Waals surface area contributed by atoms with Crippen LogP contribution in [0.4, 0.5) is 0 Å². The Bertz CT molecular complexity index is 138. The molecule has 4 nitrogen and oxygen atoms in total. The Morgan fingerprint density at radius 1 is 1.50 bits per heavy atom. The summed E-state index contributed by atoms with van der Waals surface area (Å²) in [5.74, 6) is -1.08. The van der Waals surface area contributed by atoms with Gasteiger partial charge in [0.15, 0.2) is 11.7 Å². The predicted octanol–water partition coefficient (Wildman–Crippen LogP) is 0.0513. The summed E-state index contributed by atoms with van der Waals surface area (Å²) in [4.78, 5) is 10.3. The summed E-state index contributed by atoms with van der Waals surface area (Å²) in [6, 6.07) is 0. The topological polar surface area (TPSA) is 55.8 Å². The van der Waals surface area contributed by atoms with Crippen LogP contribution >= 0.6 is 11.6 Å². The molecule has 1 saturated heterocycles. The minimum Gasteiger partial charge on any atom is -0.479 e. The fraction of sp³-hybridized carbons (Fsp3) is 0.800. The van der Waals surface area contributed by atoms with E-state index in [-0.39, 0.29) is 0 Å². The normalized spacial score (nSPS) is 33.7. The number of carbonyl (C=O) groups is 1. The molecule has 0 radical (unpaired) electrons. The lowest BCUT2D eigenvalue weighted by Gasteiger charge is -2.23. The quantitative estimate of drug-likeness (QED) is 0.560. The van der Waals surface area contributed by atoms with Gasteiger partial charge >= 0.3 is 5.97 Å². The molecule has 0 aromatic carbocycles. The minimum absolute atomic E-state index is 0.292. The first-order valence-electron chi connectivity index (χ1n) is 2.82. The van der Waals surface area contributed by atoms with Crippen LogP contribution in [0.1, 0.15) is 0 Å². The van der Waals surface area contributed by atoms with Crippen LogP contribution in [0.15, 0.2) is 0 Å². The van der Waals surface area contributed by atoms with Crippen molar-refractivity contribution in [1.29, 1.82) is 0 Å². The van der Waals surface area contributed by atoms with Crippen LogP contribution in [0.3, 0.4) is 0 Å². The van der Waals surface area contributed by atoms with E-state index in [0.29, 0.717) is 13.2 Å². The molecule has 1 fully saturated rings. The van der Waals surface area contributed by atoms with Gasteiger partial charge in [0.1, 0.15) is 0 Å². The van der Waals surface area contributed by atoms with Gasteiger partial charge in [0.2, 0.25) is 0 Å². The summed E-state index contributed by atoms with van der Waals surface area (Å²) in [5.41, 5.74) is -0.855. The molecule has 0 spiro atoms. The van der Waals surface area contributed by atoms with E-state index in [0.717, 1.165) is 0 Å². The first kappa shape index (κ1) is 7.78. The van der Waals surface area contributed by atoms with E-state index in [1.807, 2.05) is 0 Å². The van der Waals surface area contributed by atoms with Crippen LogP contribution in [0, 0.1) is 0 Å². The minimum atomic E-state index is -1.08. The molecule has 1 aliphatic rings. The monoisotopic (exact) mass is 166 g/mol.